The van der Waals surface area contributed by atoms with Gasteiger partial charge in [0.25, 0.3) is 0 Å². The Kier molecular flexibility index (Phi) is 2.91. The lowest BCUT2D eigenvalue weighted by atomic mass is 10.1. The van der Waals surface area contributed by atoms with Crippen LogP contribution in [0.5, 0.6) is 0 Å². The van der Waals surface area contributed by atoms with Crippen molar-refractivity contribution in [3.8, 4) is 0 Å². The van der Waals surface area contributed by atoms with E-state index in [2.05, 4.69) is 9.88 Å². The van der Waals surface area contributed by atoms with Crippen LogP contribution < -0.4 is 0 Å². The third-order valence-electron chi connectivity index (χ3n) is 2.30. The molecule has 0 bridgehead atoms. The zero-order chi connectivity index (χ0) is 11.0. The van der Waals surface area contributed by atoms with Crippen LogP contribution in [0.25, 0.3) is 10.9 Å². The average molecular weight is 243 g/mol. The summed E-state index contributed by atoms with van der Waals surface area (Å²) >= 11 is 12.3. The Morgan fingerprint density at radius 1 is 1.27 bits per heavy atom. The molecule has 0 radical (unpaired) electrons. The van der Waals surface area contributed by atoms with Crippen LogP contribution >= 0.6 is 23.2 Å². The summed E-state index contributed by atoms with van der Waals surface area (Å²) in [6, 6.07) is 5.77. The van der Waals surface area contributed by atoms with E-state index in [0.29, 0.717) is 5.15 Å². The zero-order valence-corrected chi connectivity index (χ0v) is 10.2. The van der Waals surface area contributed by atoms with Gasteiger partial charge in [0.2, 0.25) is 0 Å². The molecule has 1 aromatic carbocycles. The predicted molar refractivity (Wildman–Crippen MR) is 65.7 cm³/mol. The quantitative estimate of drug-likeness (QED) is 0.854. The first-order valence-electron chi connectivity index (χ1n) is 4.69. The standard InChI is InChI=1S/C11H12Cl2N2/c1-15(2)6-7-10-8(12)4-3-5-9(10)14-11(7)13/h3-5,14H,6H2,1-2H3. The summed E-state index contributed by atoms with van der Waals surface area (Å²) in [7, 11) is 4.01. The molecule has 0 saturated carbocycles. The number of hydrogen-bond acceptors (Lipinski definition) is 1. The van der Waals surface area contributed by atoms with E-state index in [1.807, 2.05) is 32.3 Å². The maximum Gasteiger partial charge on any atom is 0.111 e. The van der Waals surface area contributed by atoms with E-state index >= 15 is 0 Å². The maximum atomic E-state index is 6.16. The number of H-pyrrole nitrogens is 1. The number of nitrogens with zero attached hydrogens (tertiary/aromatic N) is 1. The van der Waals surface area contributed by atoms with E-state index in [1.54, 1.807) is 0 Å². The van der Waals surface area contributed by atoms with Gasteiger partial charge in [-0.15, -0.1) is 0 Å². The van der Waals surface area contributed by atoms with E-state index < -0.39 is 0 Å². The second-order valence-corrected chi connectivity index (χ2v) is 4.60. The van der Waals surface area contributed by atoms with Gasteiger partial charge in [0.15, 0.2) is 0 Å². The van der Waals surface area contributed by atoms with Crippen molar-refractivity contribution in [3.63, 3.8) is 0 Å². The van der Waals surface area contributed by atoms with Crippen LogP contribution in [0.4, 0.5) is 0 Å². The molecule has 2 rings (SSSR count). The van der Waals surface area contributed by atoms with Crippen molar-refractivity contribution in [2.24, 2.45) is 0 Å². The van der Waals surface area contributed by atoms with E-state index in [0.717, 1.165) is 28.0 Å². The Balaban J connectivity index is 2.65. The number of rotatable bonds is 2. The van der Waals surface area contributed by atoms with Crippen LogP contribution in [0, 0.1) is 0 Å². The number of aromatic amines is 1. The van der Waals surface area contributed by atoms with Gasteiger partial charge in [-0.05, 0) is 26.2 Å². The van der Waals surface area contributed by atoms with E-state index in [4.69, 9.17) is 23.2 Å². The summed E-state index contributed by atoms with van der Waals surface area (Å²) in [6.07, 6.45) is 0. The smallest absolute Gasteiger partial charge is 0.111 e. The molecule has 15 heavy (non-hydrogen) atoms. The van der Waals surface area contributed by atoms with Crippen LogP contribution in [0.15, 0.2) is 18.2 Å². The SMILES string of the molecule is CN(C)Cc1c(Cl)[nH]c2cccc(Cl)c12. The highest BCUT2D eigenvalue weighted by Gasteiger charge is 2.12. The monoisotopic (exact) mass is 242 g/mol. The average Bonchev–Trinajstić information content (AvgIpc) is 2.43. The van der Waals surface area contributed by atoms with E-state index in [9.17, 15) is 0 Å². The maximum absolute atomic E-state index is 6.16. The normalized spacial score (nSPS) is 11.5. The molecule has 80 valence electrons. The lowest BCUT2D eigenvalue weighted by Crippen LogP contribution is -2.10. The highest BCUT2D eigenvalue weighted by atomic mass is 35.5. The molecule has 0 amide bonds. The molecule has 1 N–H and O–H groups in total. The minimum atomic E-state index is 0.673. The van der Waals surface area contributed by atoms with Gasteiger partial charge in [-0.3, -0.25) is 0 Å². The summed E-state index contributed by atoms with van der Waals surface area (Å²) < 4.78 is 0. The summed E-state index contributed by atoms with van der Waals surface area (Å²) in [5, 5.41) is 2.44. The Morgan fingerprint density at radius 2 is 2.00 bits per heavy atom. The van der Waals surface area contributed by atoms with Gasteiger partial charge >= 0.3 is 0 Å². The summed E-state index contributed by atoms with van der Waals surface area (Å²) in [5.74, 6) is 0. The van der Waals surface area contributed by atoms with Crippen LogP contribution in [0.2, 0.25) is 10.2 Å². The first kappa shape index (κ1) is 10.8. The van der Waals surface area contributed by atoms with Gasteiger partial charge < -0.3 is 9.88 Å². The van der Waals surface area contributed by atoms with E-state index in [1.165, 1.54) is 0 Å². The molecule has 4 heteroatoms. The van der Waals surface area contributed by atoms with Crippen LogP contribution in [0.3, 0.4) is 0 Å². The number of benzene rings is 1. The predicted octanol–water partition coefficient (Wildman–Crippen LogP) is 3.54. The van der Waals surface area contributed by atoms with Crippen LogP contribution in [-0.2, 0) is 6.54 Å². The zero-order valence-electron chi connectivity index (χ0n) is 8.64. The van der Waals surface area contributed by atoms with Gasteiger partial charge in [-0.2, -0.15) is 0 Å². The van der Waals surface area contributed by atoms with Gasteiger partial charge in [0.1, 0.15) is 5.15 Å². The fourth-order valence-electron chi connectivity index (χ4n) is 1.70. The Morgan fingerprint density at radius 3 is 2.67 bits per heavy atom. The van der Waals surface area contributed by atoms with Crippen molar-refractivity contribution in [2.45, 2.75) is 6.54 Å². The lowest BCUT2D eigenvalue weighted by Gasteiger charge is -2.09. The van der Waals surface area contributed by atoms with Crippen LogP contribution in [-0.4, -0.2) is 24.0 Å². The highest BCUT2D eigenvalue weighted by molar-refractivity contribution is 6.37. The topological polar surface area (TPSA) is 19.0 Å². The molecule has 2 nitrogen and oxygen atoms in total. The second kappa shape index (κ2) is 4.05. The minimum Gasteiger partial charge on any atom is -0.345 e. The summed E-state index contributed by atoms with van der Waals surface area (Å²) in [4.78, 5) is 5.19. The van der Waals surface area contributed by atoms with Crippen molar-refractivity contribution < 1.29 is 0 Å². The number of halogens is 2. The van der Waals surface area contributed by atoms with Crippen molar-refractivity contribution >= 4 is 34.1 Å². The van der Waals surface area contributed by atoms with Gasteiger partial charge in [0, 0.05) is 23.0 Å². The molecule has 0 saturated heterocycles. The van der Waals surface area contributed by atoms with Crippen molar-refractivity contribution in [2.75, 3.05) is 14.1 Å². The summed E-state index contributed by atoms with van der Waals surface area (Å²) in [6.45, 7) is 0.780. The molecule has 0 unspecified atom stereocenters. The molecule has 1 heterocycles. The summed E-state index contributed by atoms with van der Waals surface area (Å²) in [5.41, 5.74) is 2.05. The van der Waals surface area contributed by atoms with Gasteiger partial charge in [0.05, 0.1) is 5.02 Å². The fraction of sp³-hybridized carbons (Fsp3) is 0.273. The first-order chi connectivity index (χ1) is 7.09. The van der Waals surface area contributed by atoms with Crippen LogP contribution in [0.1, 0.15) is 5.56 Å². The largest absolute Gasteiger partial charge is 0.345 e. The highest BCUT2D eigenvalue weighted by Crippen LogP contribution is 2.32. The third kappa shape index (κ3) is 1.98. The first-order valence-corrected chi connectivity index (χ1v) is 5.44. The number of hydrogen-bond donors (Lipinski definition) is 1. The Labute approximate surface area is 98.8 Å². The molecular formula is C11H12Cl2N2. The van der Waals surface area contributed by atoms with Gasteiger partial charge in [-0.1, -0.05) is 29.3 Å². The van der Waals surface area contributed by atoms with Crippen molar-refractivity contribution in [1.29, 1.82) is 0 Å². The minimum absolute atomic E-state index is 0.673. The molecule has 1 aromatic heterocycles. The molecule has 2 aromatic rings. The molecule has 0 aliphatic carbocycles. The van der Waals surface area contributed by atoms with Gasteiger partial charge in [-0.25, -0.2) is 0 Å². The second-order valence-electron chi connectivity index (χ2n) is 3.82. The fourth-order valence-corrected chi connectivity index (χ4v) is 2.25. The Bertz CT molecular complexity index is 489. The third-order valence-corrected chi connectivity index (χ3v) is 2.94. The van der Waals surface area contributed by atoms with Crippen molar-refractivity contribution in [1.82, 2.24) is 9.88 Å². The number of nitrogens with one attached hydrogen (secondary N) is 1. The molecular weight excluding hydrogens is 231 g/mol. The number of fused-ring (bicyclic) bond motifs is 1. The molecule has 0 fully saturated rings. The van der Waals surface area contributed by atoms with E-state index in [-0.39, 0.29) is 0 Å². The lowest BCUT2D eigenvalue weighted by molar-refractivity contribution is 0.404. The molecule has 0 aliphatic rings. The molecule has 0 aliphatic heterocycles. The Hall–Kier alpha value is -0.700. The molecule has 0 atom stereocenters. The molecule has 0 spiro atoms. The number of aromatic nitrogens is 1. The van der Waals surface area contributed by atoms with Crippen molar-refractivity contribution in [3.05, 3.63) is 33.9 Å².